The van der Waals surface area contributed by atoms with Crippen molar-refractivity contribution in [1.82, 2.24) is 10.6 Å². The van der Waals surface area contributed by atoms with Gasteiger partial charge in [-0.05, 0) is 66.4 Å². The fourth-order valence-corrected chi connectivity index (χ4v) is 2.91. The first-order valence-corrected chi connectivity index (χ1v) is 10.3. The highest BCUT2D eigenvalue weighted by atomic mass is 35.5. The Hall–Kier alpha value is -3.41. The van der Waals surface area contributed by atoms with E-state index < -0.39 is 10.8 Å². The summed E-state index contributed by atoms with van der Waals surface area (Å²) in [6, 6.07) is 11.0. The Morgan fingerprint density at radius 3 is 2.12 bits per heavy atom. The summed E-state index contributed by atoms with van der Waals surface area (Å²) in [6.45, 7) is 1.72. The Balaban J connectivity index is 1.88. The number of carbonyl (C=O) groups is 2. The van der Waals surface area contributed by atoms with E-state index in [1.807, 2.05) is 0 Å². The fourth-order valence-electron chi connectivity index (χ4n) is 2.28. The van der Waals surface area contributed by atoms with E-state index in [2.05, 4.69) is 21.3 Å². The zero-order chi connectivity index (χ0) is 23.7. The average Bonchev–Trinajstić information content (AvgIpc) is 2.74. The molecule has 0 bridgehead atoms. The second-order valence-electron chi connectivity index (χ2n) is 6.18. The number of rotatable bonds is 6. The van der Waals surface area contributed by atoms with Gasteiger partial charge < -0.3 is 16.0 Å². The molecule has 166 valence electrons. The van der Waals surface area contributed by atoms with Crippen LogP contribution in [0.5, 0.6) is 0 Å². The van der Waals surface area contributed by atoms with Crippen molar-refractivity contribution in [3.05, 3.63) is 69.2 Å². The molecule has 12 heteroatoms. The lowest BCUT2D eigenvalue weighted by atomic mass is 10.2. The summed E-state index contributed by atoms with van der Waals surface area (Å²) in [5.74, 6) is -0.708. The molecule has 2 amide bonds. The third-order valence-corrected chi connectivity index (χ3v) is 4.53. The van der Waals surface area contributed by atoms with Crippen LogP contribution >= 0.6 is 36.0 Å². The van der Waals surface area contributed by atoms with Crippen LogP contribution in [0.25, 0.3) is 6.08 Å². The molecule has 0 aromatic heterocycles. The highest BCUT2D eigenvalue weighted by Gasteiger charge is 2.12. The van der Waals surface area contributed by atoms with Crippen molar-refractivity contribution >= 4 is 81.2 Å². The smallest absolute Gasteiger partial charge is 0.288 e. The van der Waals surface area contributed by atoms with E-state index in [4.69, 9.17) is 36.0 Å². The largest absolute Gasteiger partial charge is 0.332 e. The summed E-state index contributed by atoms with van der Waals surface area (Å²) < 4.78 is 0. The Morgan fingerprint density at radius 1 is 1.03 bits per heavy atom. The van der Waals surface area contributed by atoms with Gasteiger partial charge in [0.25, 0.3) is 5.69 Å². The van der Waals surface area contributed by atoms with Gasteiger partial charge in [0.05, 0.1) is 4.92 Å². The summed E-state index contributed by atoms with van der Waals surface area (Å²) in [4.78, 5) is 33.7. The van der Waals surface area contributed by atoms with E-state index >= 15 is 0 Å². The summed E-state index contributed by atoms with van der Waals surface area (Å²) in [5.41, 5.74) is 1.46. The molecule has 0 aliphatic heterocycles. The zero-order valence-corrected chi connectivity index (χ0v) is 19.1. The van der Waals surface area contributed by atoms with Crippen LogP contribution < -0.4 is 21.3 Å². The minimum Gasteiger partial charge on any atom is -0.332 e. The van der Waals surface area contributed by atoms with E-state index in [1.54, 1.807) is 37.3 Å². The third kappa shape index (κ3) is 8.02. The molecule has 0 saturated heterocycles. The second-order valence-corrected chi connectivity index (χ2v) is 7.40. The molecule has 0 saturated carbocycles. The molecular weight excluding hydrogens is 474 g/mol. The molecular formula is C20H18ClN5O4S2. The van der Waals surface area contributed by atoms with E-state index in [0.717, 1.165) is 0 Å². The molecule has 2 aromatic carbocycles. The lowest BCUT2D eigenvalue weighted by molar-refractivity contribution is -0.384. The number of anilines is 2. The number of halogens is 1. The molecule has 0 unspecified atom stereocenters. The monoisotopic (exact) mass is 491 g/mol. The van der Waals surface area contributed by atoms with Crippen LogP contribution in [0.1, 0.15) is 18.9 Å². The van der Waals surface area contributed by atoms with Crippen LogP contribution in [0, 0.1) is 10.1 Å². The number of nitrogens with zero attached hydrogens (tertiary/aromatic N) is 1. The van der Waals surface area contributed by atoms with Crippen molar-refractivity contribution in [3.63, 3.8) is 0 Å². The summed E-state index contributed by atoms with van der Waals surface area (Å²) in [6.07, 6.45) is 2.92. The number of nitro benzene ring substituents is 1. The molecule has 0 fully saturated rings. The van der Waals surface area contributed by atoms with Crippen LogP contribution in [-0.4, -0.2) is 27.0 Å². The number of nitro groups is 1. The van der Waals surface area contributed by atoms with E-state index in [0.29, 0.717) is 23.4 Å². The number of nitrogens with one attached hydrogen (secondary N) is 4. The Kier molecular flexibility index (Phi) is 9.20. The molecule has 0 aliphatic carbocycles. The molecule has 0 aliphatic rings. The molecule has 0 spiro atoms. The SMILES string of the molecule is CCC(=O)NC(=S)Nc1ccc(NC(=S)NC(=O)/C=C/c2ccc(Cl)c([N+](=O)[O-])c2)cc1. The van der Waals surface area contributed by atoms with Gasteiger partial charge in [-0.1, -0.05) is 24.6 Å². The highest BCUT2D eigenvalue weighted by molar-refractivity contribution is 7.80. The third-order valence-electron chi connectivity index (χ3n) is 3.81. The van der Waals surface area contributed by atoms with Crippen molar-refractivity contribution in [2.75, 3.05) is 10.6 Å². The summed E-state index contributed by atoms with van der Waals surface area (Å²) in [5, 5.41) is 21.9. The number of hydrogen-bond acceptors (Lipinski definition) is 6. The van der Waals surface area contributed by atoms with Crippen molar-refractivity contribution in [2.24, 2.45) is 0 Å². The molecule has 32 heavy (non-hydrogen) atoms. The number of carbonyl (C=O) groups excluding carboxylic acids is 2. The van der Waals surface area contributed by atoms with Gasteiger partial charge >= 0.3 is 0 Å². The van der Waals surface area contributed by atoms with Crippen molar-refractivity contribution < 1.29 is 14.5 Å². The minimum absolute atomic E-state index is 0.00994. The van der Waals surface area contributed by atoms with Crippen LogP contribution in [0.4, 0.5) is 17.1 Å². The standard InChI is InChI=1S/C20H18ClN5O4S2/c1-2-17(27)24-19(31)22-13-5-7-14(8-6-13)23-20(32)25-18(28)10-4-12-3-9-15(21)16(11-12)26(29)30/h3-11H,2H2,1H3,(H2,22,24,27,31)(H2,23,25,28,32)/b10-4+. The van der Waals surface area contributed by atoms with Gasteiger partial charge in [-0.2, -0.15) is 0 Å². The second kappa shape index (κ2) is 11.8. The van der Waals surface area contributed by atoms with E-state index in [9.17, 15) is 19.7 Å². The molecule has 4 N–H and O–H groups in total. The quantitative estimate of drug-likeness (QED) is 0.207. The molecule has 0 heterocycles. The average molecular weight is 492 g/mol. The predicted octanol–water partition coefficient (Wildman–Crippen LogP) is 4.00. The maximum Gasteiger partial charge on any atom is 0.288 e. The van der Waals surface area contributed by atoms with Crippen LogP contribution in [0.15, 0.2) is 48.5 Å². The van der Waals surface area contributed by atoms with Gasteiger partial charge in [-0.3, -0.25) is 25.0 Å². The van der Waals surface area contributed by atoms with E-state index in [-0.39, 0.29) is 26.8 Å². The molecule has 9 nitrogen and oxygen atoms in total. The molecule has 0 atom stereocenters. The first kappa shape index (κ1) is 24.9. The van der Waals surface area contributed by atoms with Gasteiger partial charge in [-0.25, -0.2) is 0 Å². The zero-order valence-electron chi connectivity index (χ0n) is 16.7. The first-order chi connectivity index (χ1) is 15.2. The maximum absolute atomic E-state index is 12.0. The lowest BCUT2D eigenvalue weighted by Gasteiger charge is -2.11. The topological polar surface area (TPSA) is 125 Å². The Bertz CT molecular complexity index is 1090. The van der Waals surface area contributed by atoms with Crippen molar-refractivity contribution in [1.29, 1.82) is 0 Å². The van der Waals surface area contributed by atoms with Crippen molar-refractivity contribution in [2.45, 2.75) is 13.3 Å². The summed E-state index contributed by atoms with van der Waals surface area (Å²) >= 11 is 15.9. The minimum atomic E-state index is -0.603. The number of thiocarbonyl (C=S) groups is 2. The molecule has 2 aromatic rings. The predicted molar refractivity (Wildman–Crippen MR) is 133 cm³/mol. The normalized spacial score (nSPS) is 10.3. The van der Waals surface area contributed by atoms with Gasteiger partial charge in [0.2, 0.25) is 11.8 Å². The Morgan fingerprint density at radius 2 is 1.59 bits per heavy atom. The summed E-state index contributed by atoms with van der Waals surface area (Å²) in [7, 11) is 0. The van der Waals surface area contributed by atoms with Crippen LogP contribution in [0.2, 0.25) is 5.02 Å². The van der Waals surface area contributed by atoms with Crippen molar-refractivity contribution in [3.8, 4) is 0 Å². The van der Waals surface area contributed by atoms with Gasteiger partial charge in [0, 0.05) is 29.9 Å². The highest BCUT2D eigenvalue weighted by Crippen LogP contribution is 2.25. The van der Waals surface area contributed by atoms with Gasteiger partial charge in [0.1, 0.15) is 5.02 Å². The fraction of sp³-hybridized carbons (Fsp3) is 0.100. The lowest BCUT2D eigenvalue weighted by Crippen LogP contribution is -2.33. The van der Waals surface area contributed by atoms with Crippen LogP contribution in [0.3, 0.4) is 0 Å². The van der Waals surface area contributed by atoms with Gasteiger partial charge in [-0.15, -0.1) is 0 Å². The maximum atomic E-state index is 12.0. The number of benzene rings is 2. The Labute approximate surface area is 199 Å². The molecule has 0 radical (unpaired) electrons. The number of hydrogen-bond donors (Lipinski definition) is 4. The first-order valence-electron chi connectivity index (χ1n) is 9.12. The van der Waals surface area contributed by atoms with Gasteiger partial charge in [0.15, 0.2) is 10.2 Å². The molecule has 2 rings (SSSR count). The van der Waals surface area contributed by atoms with E-state index in [1.165, 1.54) is 24.3 Å². The number of amides is 2. The van der Waals surface area contributed by atoms with Crippen LogP contribution in [-0.2, 0) is 9.59 Å².